The Labute approximate surface area is 137 Å². The SMILES string of the molecule is COCCN1C(=O)O/C(=C/c2cc3ccccc3nc2Cl)C1=O. The minimum Gasteiger partial charge on any atom is -0.404 e. The maximum absolute atomic E-state index is 12.2. The van der Waals surface area contributed by atoms with Crippen LogP contribution in [0.2, 0.25) is 5.15 Å². The number of aromatic nitrogens is 1. The second kappa shape index (κ2) is 6.36. The Bertz CT molecular complexity index is 819. The Morgan fingerprint density at radius 3 is 2.91 bits per heavy atom. The van der Waals surface area contributed by atoms with Gasteiger partial charge in [0.2, 0.25) is 0 Å². The van der Waals surface area contributed by atoms with E-state index in [1.54, 1.807) is 6.07 Å². The van der Waals surface area contributed by atoms with E-state index in [1.165, 1.54) is 13.2 Å². The number of pyridine rings is 1. The molecule has 0 spiro atoms. The zero-order valence-electron chi connectivity index (χ0n) is 12.3. The van der Waals surface area contributed by atoms with Crippen molar-refractivity contribution in [3.05, 3.63) is 46.8 Å². The molecule has 0 N–H and O–H groups in total. The molecular weight excluding hydrogens is 320 g/mol. The van der Waals surface area contributed by atoms with Gasteiger partial charge in [-0.1, -0.05) is 29.8 Å². The number of cyclic esters (lactones) is 1. The van der Waals surface area contributed by atoms with E-state index in [0.717, 1.165) is 15.8 Å². The zero-order chi connectivity index (χ0) is 16.4. The van der Waals surface area contributed by atoms with Gasteiger partial charge in [0.15, 0.2) is 5.76 Å². The Hall–Kier alpha value is -2.44. The fourth-order valence-corrected chi connectivity index (χ4v) is 2.43. The van der Waals surface area contributed by atoms with E-state index < -0.39 is 12.0 Å². The Balaban J connectivity index is 1.94. The number of benzene rings is 1. The summed E-state index contributed by atoms with van der Waals surface area (Å²) in [5.74, 6) is -0.596. The first-order chi connectivity index (χ1) is 11.1. The zero-order valence-corrected chi connectivity index (χ0v) is 13.0. The lowest BCUT2D eigenvalue weighted by atomic mass is 10.1. The summed E-state index contributed by atoms with van der Waals surface area (Å²) in [7, 11) is 1.49. The monoisotopic (exact) mass is 332 g/mol. The highest BCUT2D eigenvalue weighted by atomic mass is 35.5. The van der Waals surface area contributed by atoms with E-state index in [-0.39, 0.29) is 24.1 Å². The maximum atomic E-state index is 12.2. The second-order valence-corrected chi connectivity index (χ2v) is 5.25. The molecule has 0 aliphatic carbocycles. The molecule has 2 heterocycles. The van der Waals surface area contributed by atoms with Crippen LogP contribution in [-0.2, 0) is 14.3 Å². The van der Waals surface area contributed by atoms with Crippen LogP contribution in [0.15, 0.2) is 36.1 Å². The molecule has 1 saturated heterocycles. The van der Waals surface area contributed by atoms with Crippen molar-refractivity contribution < 1.29 is 19.1 Å². The number of carbonyl (C=O) groups is 2. The van der Waals surface area contributed by atoms with Crippen LogP contribution >= 0.6 is 11.6 Å². The van der Waals surface area contributed by atoms with Crippen LogP contribution in [0.4, 0.5) is 4.79 Å². The average molecular weight is 333 g/mol. The molecule has 23 heavy (non-hydrogen) atoms. The van der Waals surface area contributed by atoms with Gasteiger partial charge >= 0.3 is 6.09 Å². The first-order valence-electron chi connectivity index (χ1n) is 6.90. The van der Waals surface area contributed by atoms with Crippen molar-refractivity contribution in [2.24, 2.45) is 0 Å². The molecule has 1 aromatic heterocycles. The Morgan fingerprint density at radius 2 is 2.13 bits per heavy atom. The molecule has 1 aliphatic rings. The summed E-state index contributed by atoms with van der Waals surface area (Å²) in [6, 6.07) is 9.25. The minimum absolute atomic E-state index is 0.0786. The summed E-state index contributed by atoms with van der Waals surface area (Å²) in [5, 5.41) is 1.10. The Kier molecular flexibility index (Phi) is 4.27. The van der Waals surface area contributed by atoms with E-state index in [9.17, 15) is 9.59 Å². The summed E-state index contributed by atoms with van der Waals surface area (Å²) < 4.78 is 9.88. The number of carbonyl (C=O) groups excluding carboxylic acids is 2. The molecule has 3 rings (SSSR count). The van der Waals surface area contributed by atoms with Crippen LogP contribution in [0.1, 0.15) is 5.56 Å². The van der Waals surface area contributed by atoms with Crippen molar-refractivity contribution in [3.63, 3.8) is 0 Å². The number of para-hydroxylation sites is 1. The van der Waals surface area contributed by atoms with Crippen LogP contribution in [0.25, 0.3) is 17.0 Å². The summed E-state index contributed by atoms with van der Waals surface area (Å²) in [4.78, 5) is 29.2. The molecule has 1 fully saturated rings. The molecule has 7 heteroatoms. The van der Waals surface area contributed by atoms with Crippen LogP contribution in [-0.4, -0.2) is 42.1 Å². The minimum atomic E-state index is -0.719. The topological polar surface area (TPSA) is 68.7 Å². The van der Waals surface area contributed by atoms with Crippen LogP contribution in [0.3, 0.4) is 0 Å². The fourth-order valence-electron chi connectivity index (χ4n) is 2.23. The predicted molar refractivity (Wildman–Crippen MR) is 84.8 cm³/mol. The van der Waals surface area contributed by atoms with E-state index in [1.807, 2.05) is 24.3 Å². The van der Waals surface area contributed by atoms with Gasteiger partial charge in [-0.05, 0) is 18.2 Å². The van der Waals surface area contributed by atoms with Crippen molar-refractivity contribution in [2.45, 2.75) is 0 Å². The smallest absolute Gasteiger partial charge is 0.404 e. The molecule has 0 unspecified atom stereocenters. The van der Waals surface area contributed by atoms with E-state index in [2.05, 4.69) is 4.98 Å². The van der Waals surface area contributed by atoms with E-state index in [0.29, 0.717) is 5.56 Å². The van der Waals surface area contributed by atoms with Crippen molar-refractivity contribution in [3.8, 4) is 0 Å². The van der Waals surface area contributed by atoms with Gasteiger partial charge in [-0.15, -0.1) is 0 Å². The van der Waals surface area contributed by atoms with Crippen molar-refractivity contribution in [1.29, 1.82) is 0 Å². The number of halogens is 1. The van der Waals surface area contributed by atoms with Crippen molar-refractivity contribution >= 4 is 40.6 Å². The van der Waals surface area contributed by atoms with Gasteiger partial charge in [0.25, 0.3) is 5.91 Å². The van der Waals surface area contributed by atoms with Gasteiger partial charge < -0.3 is 9.47 Å². The Morgan fingerprint density at radius 1 is 1.35 bits per heavy atom. The quantitative estimate of drug-likeness (QED) is 0.636. The number of hydrogen-bond donors (Lipinski definition) is 0. The number of rotatable bonds is 4. The van der Waals surface area contributed by atoms with Gasteiger partial charge in [0, 0.05) is 18.1 Å². The van der Waals surface area contributed by atoms with Crippen LogP contribution in [0.5, 0.6) is 0 Å². The molecule has 2 aromatic rings. The fraction of sp³-hybridized carbons (Fsp3) is 0.188. The molecule has 1 aliphatic heterocycles. The highest BCUT2D eigenvalue weighted by molar-refractivity contribution is 6.31. The molecule has 118 valence electrons. The van der Waals surface area contributed by atoms with Gasteiger partial charge in [-0.2, -0.15) is 0 Å². The lowest BCUT2D eigenvalue weighted by Gasteiger charge is -2.08. The number of fused-ring (bicyclic) bond motifs is 1. The van der Waals surface area contributed by atoms with Crippen LogP contribution in [0, 0.1) is 0 Å². The molecule has 0 saturated carbocycles. The molecule has 0 bridgehead atoms. The molecule has 2 amide bonds. The number of nitrogens with zero attached hydrogens (tertiary/aromatic N) is 2. The first-order valence-corrected chi connectivity index (χ1v) is 7.27. The van der Waals surface area contributed by atoms with Gasteiger partial charge in [-0.25, -0.2) is 14.7 Å². The lowest BCUT2D eigenvalue weighted by molar-refractivity contribution is -0.123. The third-order valence-electron chi connectivity index (χ3n) is 3.38. The van der Waals surface area contributed by atoms with Crippen molar-refractivity contribution in [2.75, 3.05) is 20.3 Å². The third kappa shape index (κ3) is 3.04. The summed E-state index contributed by atoms with van der Waals surface area (Å²) >= 11 is 6.14. The summed E-state index contributed by atoms with van der Waals surface area (Å²) in [6.07, 6.45) is 0.706. The molecule has 0 atom stereocenters. The van der Waals surface area contributed by atoms with Gasteiger partial charge in [0.05, 0.1) is 18.7 Å². The number of ether oxygens (including phenoxy) is 2. The highest BCUT2D eigenvalue weighted by Gasteiger charge is 2.36. The number of amides is 2. The maximum Gasteiger partial charge on any atom is 0.422 e. The lowest BCUT2D eigenvalue weighted by Crippen LogP contribution is -2.31. The molecule has 6 nitrogen and oxygen atoms in total. The molecule has 0 radical (unpaired) electrons. The van der Waals surface area contributed by atoms with Gasteiger partial charge in [-0.3, -0.25) is 4.79 Å². The van der Waals surface area contributed by atoms with E-state index >= 15 is 0 Å². The summed E-state index contributed by atoms with van der Waals surface area (Å²) in [6.45, 7) is 0.377. The average Bonchev–Trinajstić information content (AvgIpc) is 2.80. The third-order valence-corrected chi connectivity index (χ3v) is 3.69. The summed E-state index contributed by atoms with van der Waals surface area (Å²) in [5.41, 5.74) is 1.26. The van der Waals surface area contributed by atoms with Crippen LogP contribution < -0.4 is 0 Å². The van der Waals surface area contributed by atoms with Gasteiger partial charge in [0.1, 0.15) is 5.15 Å². The van der Waals surface area contributed by atoms with E-state index in [4.69, 9.17) is 21.1 Å². The second-order valence-electron chi connectivity index (χ2n) is 4.89. The number of methoxy groups -OCH3 is 1. The first kappa shape index (κ1) is 15.5. The number of imide groups is 1. The number of hydrogen-bond acceptors (Lipinski definition) is 5. The highest BCUT2D eigenvalue weighted by Crippen LogP contribution is 2.25. The normalized spacial score (nSPS) is 16.4. The molecule has 1 aromatic carbocycles. The van der Waals surface area contributed by atoms with Crippen molar-refractivity contribution in [1.82, 2.24) is 9.88 Å². The predicted octanol–water partition coefficient (Wildman–Crippen LogP) is 2.85. The molecular formula is C16H13ClN2O4. The largest absolute Gasteiger partial charge is 0.422 e. The standard InChI is InChI=1S/C16H13ClN2O4/c1-22-7-6-19-15(20)13(23-16(19)21)9-11-8-10-4-2-3-5-12(10)18-14(11)17/h2-5,8-9H,6-7H2,1H3/b13-9+.